The number of pyridine rings is 1. The van der Waals surface area contributed by atoms with Crippen molar-refractivity contribution in [3.63, 3.8) is 0 Å². The monoisotopic (exact) mass is 452 g/mol. The average Bonchev–Trinajstić information content (AvgIpc) is 2.86. The highest BCUT2D eigenvalue weighted by Gasteiger charge is 2.22. The molecule has 1 amide bonds. The van der Waals surface area contributed by atoms with Crippen molar-refractivity contribution in [2.24, 2.45) is 0 Å². The lowest BCUT2D eigenvalue weighted by atomic mass is 9.98. The summed E-state index contributed by atoms with van der Waals surface area (Å²) in [6.45, 7) is 1.32. The molecule has 0 saturated heterocycles. The second-order valence-electron chi connectivity index (χ2n) is 7.89. The fourth-order valence-corrected chi connectivity index (χ4v) is 3.99. The van der Waals surface area contributed by atoms with E-state index in [4.69, 9.17) is 14.5 Å². The number of hydrogen-bond donors (Lipinski definition) is 1. The van der Waals surface area contributed by atoms with Crippen molar-refractivity contribution < 1.29 is 23.9 Å². The van der Waals surface area contributed by atoms with Crippen molar-refractivity contribution in [2.75, 3.05) is 18.5 Å². The quantitative estimate of drug-likeness (QED) is 0.352. The highest BCUT2D eigenvalue weighted by Crippen LogP contribution is 2.31. The minimum Gasteiger partial charge on any atom is -0.482 e. The highest BCUT2D eigenvalue weighted by molar-refractivity contribution is 6.08. The smallest absolute Gasteiger partial charge is 0.339 e. The molecule has 34 heavy (non-hydrogen) atoms. The van der Waals surface area contributed by atoms with Crippen LogP contribution < -0.4 is 10.1 Å². The summed E-state index contributed by atoms with van der Waals surface area (Å²) in [6, 6.07) is 21.6. The Morgan fingerprint density at radius 2 is 1.79 bits per heavy atom. The maximum atomic E-state index is 13.2. The number of fused-ring (bicyclic) bond motifs is 2. The van der Waals surface area contributed by atoms with E-state index in [1.54, 1.807) is 12.1 Å². The number of ether oxygens (including phenoxy) is 2. The van der Waals surface area contributed by atoms with Crippen LogP contribution in [0.2, 0.25) is 0 Å². The van der Waals surface area contributed by atoms with E-state index in [1.165, 1.54) is 6.07 Å². The second-order valence-corrected chi connectivity index (χ2v) is 7.89. The van der Waals surface area contributed by atoms with Crippen molar-refractivity contribution in [3.8, 4) is 17.0 Å². The van der Waals surface area contributed by atoms with Crippen LogP contribution in [0.4, 0.5) is 5.69 Å². The molecular formula is C27H20N2O5. The molecule has 168 valence electrons. The topological polar surface area (TPSA) is 94.6 Å². The fourth-order valence-electron chi connectivity index (χ4n) is 3.99. The number of carbonyl (C=O) groups is 3. The summed E-state index contributed by atoms with van der Waals surface area (Å²) in [6.07, 6.45) is 0. The van der Waals surface area contributed by atoms with E-state index in [0.29, 0.717) is 44.7 Å². The predicted molar refractivity (Wildman–Crippen MR) is 127 cm³/mol. The van der Waals surface area contributed by atoms with Crippen molar-refractivity contribution in [3.05, 3.63) is 89.5 Å². The lowest BCUT2D eigenvalue weighted by Gasteiger charge is -2.18. The fraction of sp³-hybridized carbons (Fsp3) is 0.111. The molecule has 4 aromatic rings. The van der Waals surface area contributed by atoms with Gasteiger partial charge in [-0.1, -0.05) is 48.5 Å². The molecular weight excluding hydrogens is 432 g/mol. The molecule has 3 aromatic carbocycles. The molecule has 2 heterocycles. The molecule has 1 aliphatic rings. The third-order valence-corrected chi connectivity index (χ3v) is 5.66. The van der Waals surface area contributed by atoms with Gasteiger partial charge in [-0.2, -0.15) is 0 Å². The first kappa shape index (κ1) is 21.3. The lowest BCUT2D eigenvalue weighted by Crippen LogP contribution is -2.25. The van der Waals surface area contributed by atoms with E-state index >= 15 is 0 Å². The minimum atomic E-state index is -0.601. The van der Waals surface area contributed by atoms with E-state index in [-0.39, 0.29) is 12.5 Å². The van der Waals surface area contributed by atoms with Crippen molar-refractivity contribution in [2.45, 2.75) is 6.92 Å². The number of nitrogens with zero attached hydrogens (tertiary/aromatic N) is 1. The summed E-state index contributed by atoms with van der Waals surface area (Å²) < 4.78 is 10.8. The van der Waals surface area contributed by atoms with Gasteiger partial charge < -0.3 is 14.8 Å². The molecule has 0 spiro atoms. The number of para-hydroxylation sites is 1. The summed E-state index contributed by atoms with van der Waals surface area (Å²) >= 11 is 0. The Bertz CT molecular complexity index is 1450. The summed E-state index contributed by atoms with van der Waals surface area (Å²) in [5.74, 6) is -0.801. The molecule has 1 aromatic heterocycles. The van der Waals surface area contributed by atoms with Crippen LogP contribution in [0, 0.1) is 6.92 Å². The molecule has 1 aliphatic heterocycles. The number of aromatic nitrogens is 1. The molecule has 0 atom stereocenters. The third-order valence-electron chi connectivity index (χ3n) is 5.66. The Morgan fingerprint density at radius 1 is 1.03 bits per heavy atom. The Kier molecular flexibility index (Phi) is 5.51. The number of rotatable bonds is 5. The maximum Gasteiger partial charge on any atom is 0.339 e. The van der Waals surface area contributed by atoms with E-state index < -0.39 is 18.4 Å². The van der Waals surface area contributed by atoms with Crippen LogP contribution in [0.25, 0.3) is 22.2 Å². The second kappa shape index (κ2) is 8.78. The first-order valence-electron chi connectivity index (χ1n) is 10.7. The largest absolute Gasteiger partial charge is 0.482 e. The standard InChI is InChI=1S/C27H20N2O5/c1-16-25(19-9-5-6-10-20(19)29-26(16)17-7-3-2-4-8-17)27(32)34-14-22(30)18-11-12-23-21(13-18)28-24(31)15-33-23/h2-13H,14-15H2,1H3,(H,28,31). The van der Waals surface area contributed by atoms with Crippen LogP contribution in [-0.4, -0.2) is 35.9 Å². The van der Waals surface area contributed by atoms with Gasteiger partial charge in [0.25, 0.3) is 5.91 Å². The van der Waals surface area contributed by atoms with Gasteiger partial charge >= 0.3 is 5.97 Å². The molecule has 0 unspecified atom stereocenters. The van der Waals surface area contributed by atoms with Crippen LogP contribution in [-0.2, 0) is 9.53 Å². The zero-order chi connectivity index (χ0) is 23.7. The minimum absolute atomic E-state index is 0.0673. The van der Waals surface area contributed by atoms with Crippen LogP contribution in [0.15, 0.2) is 72.8 Å². The van der Waals surface area contributed by atoms with Gasteiger partial charge in [-0.05, 0) is 36.8 Å². The van der Waals surface area contributed by atoms with Crippen molar-refractivity contribution in [1.82, 2.24) is 4.98 Å². The number of anilines is 1. The Balaban J connectivity index is 1.43. The molecule has 7 heteroatoms. The molecule has 0 aliphatic carbocycles. The number of benzene rings is 3. The molecule has 7 nitrogen and oxygen atoms in total. The Morgan fingerprint density at radius 3 is 2.62 bits per heavy atom. The molecule has 5 rings (SSSR count). The Hall–Kier alpha value is -4.52. The zero-order valence-corrected chi connectivity index (χ0v) is 18.3. The summed E-state index contributed by atoms with van der Waals surface area (Å²) in [7, 11) is 0. The van der Waals surface area contributed by atoms with E-state index in [1.807, 2.05) is 61.5 Å². The van der Waals surface area contributed by atoms with Gasteiger partial charge in [-0.25, -0.2) is 9.78 Å². The number of hydrogen-bond acceptors (Lipinski definition) is 6. The van der Waals surface area contributed by atoms with Gasteiger partial charge in [0.15, 0.2) is 19.0 Å². The number of ketones is 1. The molecule has 1 N–H and O–H groups in total. The van der Waals surface area contributed by atoms with Crippen LogP contribution in [0.1, 0.15) is 26.3 Å². The van der Waals surface area contributed by atoms with Gasteiger partial charge in [0, 0.05) is 16.5 Å². The number of Topliss-reactive ketones (excluding diaryl/α,β-unsaturated/α-hetero) is 1. The number of carbonyl (C=O) groups excluding carboxylic acids is 3. The van der Waals surface area contributed by atoms with Crippen LogP contribution in [0.3, 0.4) is 0 Å². The van der Waals surface area contributed by atoms with Gasteiger partial charge in [-0.3, -0.25) is 9.59 Å². The number of amides is 1. The molecule has 0 radical (unpaired) electrons. The summed E-state index contributed by atoms with van der Waals surface area (Å²) in [5.41, 5.74) is 4.00. The van der Waals surface area contributed by atoms with E-state index in [9.17, 15) is 14.4 Å². The Labute approximate surface area is 195 Å². The van der Waals surface area contributed by atoms with Crippen molar-refractivity contribution in [1.29, 1.82) is 0 Å². The lowest BCUT2D eigenvalue weighted by molar-refractivity contribution is -0.118. The number of esters is 1. The predicted octanol–water partition coefficient (Wildman–Crippen LogP) is 4.58. The SMILES string of the molecule is Cc1c(-c2ccccc2)nc2ccccc2c1C(=O)OCC(=O)c1ccc2c(c1)NC(=O)CO2. The number of nitrogens with one attached hydrogen (secondary N) is 1. The van der Waals surface area contributed by atoms with E-state index in [2.05, 4.69) is 5.32 Å². The maximum absolute atomic E-state index is 13.2. The van der Waals surface area contributed by atoms with Gasteiger partial charge in [0.05, 0.1) is 22.5 Å². The van der Waals surface area contributed by atoms with Gasteiger partial charge in [0.1, 0.15) is 5.75 Å². The van der Waals surface area contributed by atoms with Crippen molar-refractivity contribution >= 4 is 34.3 Å². The average molecular weight is 452 g/mol. The normalized spacial score (nSPS) is 12.4. The molecule has 0 fully saturated rings. The van der Waals surface area contributed by atoms with Gasteiger partial charge in [0.2, 0.25) is 0 Å². The van der Waals surface area contributed by atoms with Crippen LogP contribution in [0.5, 0.6) is 5.75 Å². The summed E-state index contributed by atoms with van der Waals surface area (Å²) in [5, 5.41) is 3.32. The molecule has 0 saturated carbocycles. The van der Waals surface area contributed by atoms with E-state index in [0.717, 1.165) is 5.56 Å². The first-order chi connectivity index (χ1) is 16.5. The van der Waals surface area contributed by atoms with Crippen LogP contribution >= 0.6 is 0 Å². The zero-order valence-electron chi connectivity index (χ0n) is 18.3. The first-order valence-corrected chi connectivity index (χ1v) is 10.7. The third kappa shape index (κ3) is 3.99. The molecule has 0 bridgehead atoms. The highest BCUT2D eigenvalue weighted by atomic mass is 16.5. The summed E-state index contributed by atoms with van der Waals surface area (Å²) in [4.78, 5) is 42.2. The van der Waals surface area contributed by atoms with Gasteiger partial charge in [-0.15, -0.1) is 0 Å².